The van der Waals surface area contributed by atoms with Gasteiger partial charge in [-0.3, -0.25) is 0 Å². The van der Waals surface area contributed by atoms with Crippen molar-refractivity contribution in [1.82, 2.24) is 0 Å². The normalized spacial score (nSPS) is 49.0. The maximum Gasteiger partial charge on any atom is 0.0682 e. The minimum absolute atomic E-state index is 0.119. The largest absolute Gasteiger partial charge is 0.393 e. The molecular weight excluding hydrogens is 1830 g/mol. The van der Waals surface area contributed by atoms with Gasteiger partial charge in [-0.15, -0.1) is 0 Å². The van der Waals surface area contributed by atoms with Crippen LogP contribution in [-0.2, 0) is 0 Å². The first-order valence-corrected chi connectivity index (χ1v) is 66.5. The molecule has 20 aliphatic rings. The molecule has 9 N–H and O–H groups in total. The molecular formula is C140H246O9. The highest BCUT2D eigenvalue weighted by atomic mass is 16.3. The predicted molar refractivity (Wildman–Crippen MR) is 624 cm³/mol. The second kappa shape index (κ2) is 45.7. The highest BCUT2D eigenvalue weighted by Crippen LogP contribution is 2.76. The summed E-state index contributed by atoms with van der Waals surface area (Å²) in [7, 11) is 0. The van der Waals surface area contributed by atoms with Crippen LogP contribution in [0.3, 0.4) is 0 Å². The Morgan fingerprint density at radius 1 is 0.268 bits per heavy atom. The van der Waals surface area contributed by atoms with E-state index in [0.717, 1.165) is 259 Å². The lowest BCUT2D eigenvalue weighted by Gasteiger charge is -2.62. The van der Waals surface area contributed by atoms with Gasteiger partial charge in [-0.25, -0.2) is 0 Å². The van der Waals surface area contributed by atoms with Gasteiger partial charge in [-0.2, -0.15) is 0 Å². The number of aliphatic hydroxyl groups excluding tert-OH is 4. The van der Waals surface area contributed by atoms with Gasteiger partial charge in [0.15, 0.2) is 0 Å². The molecule has 0 aromatic carbocycles. The minimum atomic E-state index is -0.457. The lowest BCUT2D eigenvalue weighted by atomic mass is 9.43. The summed E-state index contributed by atoms with van der Waals surface area (Å²) in [4.78, 5) is 0. The van der Waals surface area contributed by atoms with E-state index in [-0.39, 0.29) is 41.2 Å². The summed E-state index contributed by atoms with van der Waals surface area (Å²) < 4.78 is 0. The zero-order chi connectivity index (χ0) is 109. The molecule has 860 valence electrons. The highest BCUT2D eigenvalue weighted by molar-refractivity contribution is 5.30. The number of fused-ring (bicyclic) bond motifs is 25. The number of rotatable bonds is 24. The van der Waals surface area contributed by atoms with Gasteiger partial charge < -0.3 is 46.0 Å². The molecule has 0 amide bonds. The van der Waals surface area contributed by atoms with Crippen LogP contribution in [0.15, 0.2) is 23.3 Å². The molecule has 0 spiro atoms. The monoisotopic (exact) mass is 2070 g/mol. The molecule has 0 aromatic heterocycles. The maximum atomic E-state index is 11.0. The molecule has 0 heterocycles. The van der Waals surface area contributed by atoms with Crippen LogP contribution in [0.5, 0.6) is 0 Å². The Hall–Kier alpha value is -0.880. The summed E-state index contributed by atoms with van der Waals surface area (Å²) >= 11 is 0. The number of aliphatic hydroxyl groups is 9. The molecule has 0 aromatic rings. The van der Waals surface area contributed by atoms with Crippen molar-refractivity contribution in [1.29, 1.82) is 0 Å². The second-order valence-electron chi connectivity index (χ2n) is 65.2. The van der Waals surface area contributed by atoms with Gasteiger partial charge in [0.1, 0.15) is 0 Å². The molecule has 0 unspecified atom stereocenters. The van der Waals surface area contributed by atoms with E-state index in [1.807, 2.05) is 0 Å². The fourth-order valence-corrected chi connectivity index (χ4v) is 45.6. The van der Waals surface area contributed by atoms with E-state index < -0.39 is 11.2 Å². The molecule has 20 aliphatic carbocycles. The Morgan fingerprint density at radius 3 is 0.926 bits per heavy atom. The second-order valence-corrected chi connectivity index (χ2v) is 65.2. The zero-order valence-corrected chi connectivity index (χ0v) is 103. The predicted octanol–water partition coefficient (Wildman–Crippen LogP) is 35.0. The third-order valence-electron chi connectivity index (χ3n) is 56.6. The van der Waals surface area contributed by atoms with E-state index in [2.05, 4.69) is 220 Å². The Morgan fingerprint density at radius 2 is 0.570 bits per heavy atom. The Kier molecular flexibility index (Phi) is 37.0. The third kappa shape index (κ3) is 22.6. The van der Waals surface area contributed by atoms with E-state index >= 15 is 0 Å². The Labute approximate surface area is 919 Å². The SMILES string of the molecule is CC[C@]1(O)CC[C@@]2(C)C(=CC[C@H]3[C@@H]4CC[C@H]([C@H](C)[C@H](O)C(C)C)[C@@]4(C)CC[C@@H]32)C1.CC[C@]1(O)CC[C@@]2(C)C(=CC[C@H]3[C@@H]4CC[C@H]([C@H](C)[C@H](O)CCC(C)C)[C@@]4(C)CC[C@@H]32)C1.CC[C@]1(O)CC[C@@]2(C)[C@@H](CC[C@@H]3[C@@H]2CC[C@]2(C)[C@@H]([C@H](C)C(C)(C)C)CC[C@@H]32)C1.CC[C@]1(O)CC[C@@]2(C)[C@@H](CC[C@@H]3[C@@H]2CC[C@]2(C)[C@@H]([C@H](C)[C@@H](O)CCC(C)C)CC[C@@H]32)C1.CC[C@]1(O)CC[C@H]2[C@@H](CC[C@@H]3[C@@H]2CC[C@]2(C)[C@@H]([C@H](C)[C@@H](O)CCC(C)C)CC[C@@H]32)C1. The summed E-state index contributed by atoms with van der Waals surface area (Å²) in [5.74, 6) is 24.8. The molecule has 0 aliphatic heterocycles. The Bertz CT molecular complexity index is 4400. The van der Waals surface area contributed by atoms with Crippen molar-refractivity contribution in [2.45, 2.75) is 607 Å². The fraction of sp³-hybridized carbons (Fsp3) is 0.971. The number of hydrogen-bond donors (Lipinski definition) is 9. The van der Waals surface area contributed by atoms with Crippen LogP contribution in [-0.4, -0.2) is 98.4 Å². The molecule has 9 nitrogen and oxygen atoms in total. The summed E-state index contributed by atoms with van der Waals surface area (Å²) in [6.07, 6.45) is 70.1. The quantitative estimate of drug-likeness (QED) is 0.0425. The first-order valence-electron chi connectivity index (χ1n) is 66.5. The number of hydrogen-bond acceptors (Lipinski definition) is 9. The van der Waals surface area contributed by atoms with Crippen molar-refractivity contribution in [3.8, 4) is 0 Å². The van der Waals surface area contributed by atoms with Crippen LogP contribution in [0.1, 0.15) is 554 Å². The van der Waals surface area contributed by atoms with Crippen LogP contribution < -0.4 is 0 Å². The van der Waals surface area contributed by atoms with Crippen LogP contribution in [0.4, 0.5) is 0 Å². The van der Waals surface area contributed by atoms with E-state index in [1.165, 1.54) is 212 Å². The molecule has 149 heavy (non-hydrogen) atoms. The summed E-state index contributed by atoms with van der Waals surface area (Å²) in [5.41, 5.74) is 5.40. The topological polar surface area (TPSA) is 182 Å². The molecule has 0 saturated heterocycles. The van der Waals surface area contributed by atoms with Gasteiger partial charge in [0.2, 0.25) is 0 Å². The van der Waals surface area contributed by atoms with Crippen molar-refractivity contribution < 1.29 is 46.0 Å². The average molecular weight is 2070 g/mol. The Balaban J connectivity index is 0.000000133. The van der Waals surface area contributed by atoms with Gasteiger partial charge in [0.25, 0.3) is 0 Å². The smallest absolute Gasteiger partial charge is 0.0682 e. The molecule has 9 heteroatoms. The summed E-state index contributed by atoms with van der Waals surface area (Å²) in [6.45, 7) is 71.5. The van der Waals surface area contributed by atoms with E-state index in [0.29, 0.717) is 125 Å². The van der Waals surface area contributed by atoms with Crippen LogP contribution >= 0.6 is 0 Å². The van der Waals surface area contributed by atoms with Gasteiger partial charge in [0, 0.05) is 0 Å². The minimum Gasteiger partial charge on any atom is -0.393 e. The third-order valence-corrected chi connectivity index (χ3v) is 56.6. The van der Waals surface area contributed by atoms with E-state index in [4.69, 9.17) is 0 Å². The highest BCUT2D eigenvalue weighted by Gasteiger charge is 2.69. The van der Waals surface area contributed by atoms with Crippen LogP contribution in [0.2, 0.25) is 0 Å². The molecule has 20 rings (SSSR count). The van der Waals surface area contributed by atoms with Gasteiger partial charge >= 0.3 is 0 Å². The molecule has 0 bridgehead atoms. The summed E-state index contributed by atoms with van der Waals surface area (Å²) in [5, 5.41) is 98.7. The van der Waals surface area contributed by atoms with Crippen LogP contribution in [0, 0.1) is 249 Å². The molecule has 18 saturated carbocycles. The van der Waals surface area contributed by atoms with E-state index in [9.17, 15) is 46.0 Å². The zero-order valence-electron chi connectivity index (χ0n) is 103. The molecule has 0 radical (unpaired) electrons. The van der Waals surface area contributed by atoms with Crippen molar-refractivity contribution in [2.24, 2.45) is 249 Å². The summed E-state index contributed by atoms with van der Waals surface area (Å²) in [6, 6.07) is 0. The maximum absolute atomic E-state index is 11.0. The van der Waals surface area contributed by atoms with Crippen molar-refractivity contribution in [3.05, 3.63) is 23.3 Å². The molecule has 47 atom stereocenters. The fourth-order valence-electron chi connectivity index (χ4n) is 45.6. The lowest BCUT2D eigenvalue weighted by molar-refractivity contribution is -0.154. The van der Waals surface area contributed by atoms with Crippen molar-refractivity contribution in [2.75, 3.05) is 0 Å². The van der Waals surface area contributed by atoms with Gasteiger partial charge in [0.05, 0.1) is 52.4 Å². The lowest BCUT2D eigenvalue weighted by Crippen LogP contribution is -2.56. The van der Waals surface area contributed by atoms with Crippen molar-refractivity contribution in [3.63, 3.8) is 0 Å². The van der Waals surface area contributed by atoms with Gasteiger partial charge in [-0.1, -0.05) is 231 Å². The van der Waals surface area contributed by atoms with Crippen molar-refractivity contribution >= 4 is 0 Å². The van der Waals surface area contributed by atoms with Gasteiger partial charge in [-0.05, 0) is 596 Å². The molecule has 18 fully saturated rings. The van der Waals surface area contributed by atoms with Crippen LogP contribution in [0.25, 0.3) is 0 Å². The number of allylic oxidation sites excluding steroid dienone is 2. The first kappa shape index (κ1) is 120. The standard InChI is InChI=1S/C29H52O2.C29H50O2.C28H50O2.C27H46O2.C27H48O/c2*1-7-29(31)17-16-27(5)21(18-29)9-10-22-24-12-11-23(28(24,6)15-14-25(22)27)20(4)26(30)13-8-19(2)3;1-6-28(30)16-14-21-20(17-28)8-9-23-22(21)13-15-27(5)24(10-11-25(23)27)19(4)26(29)12-7-18(2)3;1-7-27(29)15-14-25(5)19(16-27)8-9-20-22-11-10-21(18(4)24(28)17(2)3)26(22,6)13-12-23(20)25;1-8-27(28)16-15-25(6)19(17-27)9-10-20-22-12-11-21(18(2)24(3,4)5)26(22,7)14-13-23(20)25/h19-26,30-31H,7-18H2,1-6H3;9,19-20,22-26,30-31H,7-8,10-18H2,1-6H3;18-26,29-30H,6-17H2,1-5H3;8,17-18,20-24,28-29H,7,9-16H2,1-6H3;18-23,28H,8-17H2,1-7H3/t20-,21-,22-,23+,24-,25-,26-,27-,28+,29-;20-,22-,23+,24-,25-,26+,27-,28+,29-;19-,20-,21-,22+,23+,24+,25-,26-,27+,28-;18-,20-,21+,22-,23-,24+,25-,26+,27-;18-,19-,20-,21+,22-,23-,25-,26+,27-/m00000/s1. The average Bonchev–Trinajstić information content (AvgIpc) is 1.58. The first-order chi connectivity index (χ1) is 69.8. The van der Waals surface area contributed by atoms with E-state index in [1.54, 1.807) is 11.1 Å².